The zero-order valence-corrected chi connectivity index (χ0v) is 13.7. The molecule has 3 nitrogen and oxygen atoms in total. The van der Waals surface area contributed by atoms with Crippen molar-refractivity contribution in [3.8, 4) is 5.75 Å². The van der Waals surface area contributed by atoms with Crippen LogP contribution in [-0.2, 0) is 6.42 Å². The third kappa shape index (κ3) is 5.53. The van der Waals surface area contributed by atoms with Crippen LogP contribution in [0.25, 0.3) is 0 Å². The molecule has 0 unspecified atom stereocenters. The Bertz CT molecular complexity index is 610. The van der Waals surface area contributed by atoms with Gasteiger partial charge in [0.05, 0.1) is 5.56 Å². The van der Waals surface area contributed by atoms with Crippen LogP contribution in [0.2, 0.25) is 0 Å². The van der Waals surface area contributed by atoms with E-state index in [0.29, 0.717) is 12.0 Å². The van der Waals surface area contributed by atoms with Crippen molar-refractivity contribution < 1.29 is 9.90 Å². The highest BCUT2D eigenvalue weighted by atomic mass is 16.3. The largest absolute Gasteiger partial charge is 0.507 e. The van der Waals surface area contributed by atoms with Crippen molar-refractivity contribution in [2.45, 2.75) is 26.2 Å². The molecule has 0 radical (unpaired) electrons. The van der Waals surface area contributed by atoms with E-state index in [1.54, 1.807) is 24.3 Å². The maximum absolute atomic E-state index is 12.2. The second-order valence-corrected chi connectivity index (χ2v) is 5.71. The van der Waals surface area contributed by atoms with E-state index in [1.165, 1.54) is 5.56 Å². The van der Waals surface area contributed by atoms with Gasteiger partial charge in [-0.1, -0.05) is 49.4 Å². The van der Waals surface area contributed by atoms with Crippen LogP contribution < -0.4 is 0 Å². The number of nitrogens with zero attached hydrogens (tertiary/aromatic N) is 1. The molecule has 3 heteroatoms. The zero-order valence-electron chi connectivity index (χ0n) is 13.7. The number of Topliss-reactive ketones (excluding diaryl/α,β-unsaturated/α-hetero) is 1. The maximum Gasteiger partial charge on any atom is 0.167 e. The van der Waals surface area contributed by atoms with Crippen LogP contribution in [0, 0.1) is 0 Å². The van der Waals surface area contributed by atoms with Gasteiger partial charge in [0.15, 0.2) is 5.78 Å². The van der Waals surface area contributed by atoms with Crippen LogP contribution in [0.3, 0.4) is 0 Å². The minimum absolute atomic E-state index is 0.00427. The van der Waals surface area contributed by atoms with Gasteiger partial charge in [-0.25, -0.2) is 0 Å². The van der Waals surface area contributed by atoms with Crippen molar-refractivity contribution in [3.05, 3.63) is 65.7 Å². The summed E-state index contributed by atoms with van der Waals surface area (Å²) in [6, 6.07) is 17.2. The number of phenolic OH excluding ortho intramolecular Hbond substituents is 1. The summed E-state index contributed by atoms with van der Waals surface area (Å²) >= 11 is 0. The van der Waals surface area contributed by atoms with Crippen molar-refractivity contribution in [2.24, 2.45) is 0 Å². The monoisotopic (exact) mass is 311 g/mol. The fraction of sp³-hybridized carbons (Fsp3) is 0.350. The molecule has 1 N–H and O–H groups in total. The third-order valence-electron chi connectivity index (χ3n) is 4.09. The average molecular weight is 311 g/mol. The van der Waals surface area contributed by atoms with Gasteiger partial charge in [-0.05, 0) is 43.6 Å². The molecule has 0 saturated carbocycles. The first-order valence-electron chi connectivity index (χ1n) is 8.28. The molecule has 0 spiro atoms. The lowest BCUT2D eigenvalue weighted by atomic mass is 10.1. The van der Waals surface area contributed by atoms with Crippen LogP contribution in [-0.4, -0.2) is 35.4 Å². The lowest BCUT2D eigenvalue weighted by molar-refractivity contribution is 0.0962. The van der Waals surface area contributed by atoms with Crippen LogP contribution in [0.5, 0.6) is 5.75 Å². The van der Waals surface area contributed by atoms with E-state index in [0.717, 1.165) is 32.5 Å². The topological polar surface area (TPSA) is 40.5 Å². The first-order valence-corrected chi connectivity index (χ1v) is 8.28. The summed E-state index contributed by atoms with van der Waals surface area (Å²) in [6.45, 7) is 4.77. The lowest BCUT2D eigenvalue weighted by Gasteiger charge is -2.20. The molecule has 0 atom stereocenters. The van der Waals surface area contributed by atoms with Crippen molar-refractivity contribution in [3.63, 3.8) is 0 Å². The minimum Gasteiger partial charge on any atom is -0.507 e. The molecule has 23 heavy (non-hydrogen) atoms. The Morgan fingerprint density at radius 1 is 1.00 bits per heavy atom. The number of carbonyl (C=O) groups excluding carboxylic acids is 1. The Hall–Kier alpha value is -2.13. The summed E-state index contributed by atoms with van der Waals surface area (Å²) in [4.78, 5) is 14.5. The molecular weight excluding hydrogens is 286 g/mol. The highest BCUT2D eigenvalue weighted by Gasteiger charge is 2.12. The number of para-hydroxylation sites is 1. The normalized spacial score (nSPS) is 10.9. The number of rotatable bonds is 9. The molecule has 2 aromatic carbocycles. The summed E-state index contributed by atoms with van der Waals surface area (Å²) in [5.74, 6) is 0.0780. The predicted molar refractivity (Wildman–Crippen MR) is 93.9 cm³/mol. The summed E-state index contributed by atoms with van der Waals surface area (Å²) in [7, 11) is 0. The van der Waals surface area contributed by atoms with E-state index in [1.807, 2.05) is 6.07 Å². The predicted octanol–water partition coefficient (Wildman–Crippen LogP) is 3.92. The Morgan fingerprint density at radius 2 is 1.70 bits per heavy atom. The van der Waals surface area contributed by atoms with Crippen molar-refractivity contribution in [1.29, 1.82) is 0 Å². The highest BCUT2D eigenvalue weighted by molar-refractivity contribution is 5.98. The van der Waals surface area contributed by atoms with Gasteiger partial charge < -0.3 is 10.0 Å². The van der Waals surface area contributed by atoms with Gasteiger partial charge in [0.25, 0.3) is 0 Å². The van der Waals surface area contributed by atoms with E-state index in [9.17, 15) is 9.90 Å². The Labute approximate surface area is 138 Å². The lowest BCUT2D eigenvalue weighted by Crippen LogP contribution is -2.27. The second-order valence-electron chi connectivity index (χ2n) is 5.71. The molecule has 0 bridgehead atoms. The molecule has 2 rings (SSSR count). The Balaban J connectivity index is 1.76. The van der Waals surface area contributed by atoms with Gasteiger partial charge in [0, 0.05) is 13.0 Å². The average Bonchev–Trinajstić information content (AvgIpc) is 2.59. The fourth-order valence-corrected chi connectivity index (χ4v) is 2.68. The van der Waals surface area contributed by atoms with Crippen LogP contribution in [0.4, 0.5) is 0 Å². The van der Waals surface area contributed by atoms with E-state index in [-0.39, 0.29) is 11.5 Å². The van der Waals surface area contributed by atoms with E-state index >= 15 is 0 Å². The fourth-order valence-electron chi connectivity index (χ4n) is 2.68. The number of ketones is 1. The third-order valence-corrected chi connectivity index (χ3v) is 4.09. The molecule has 122 valence electrons. The molecule has 0 aliphatic carbocycles. The first-order chi connectivity index (χ1) is 11.2. The van der Waals surface area contributed by atoms with Gasteiger partial charge in [0.2, 0.25) is 0 Å². The summed E-state index contributed by atoms with van der Waals surface area (Å²) in [5.41, 5.74) is 1.78. The quantitative estimate of drug-likeness (QED) is 0.714. The number of phenols is 1. The Kier molecular flexibility index (Phi) is 6.82. The number of hydrogen-bond donors (Lipinski definition) is 1. The molecule has 0 fully saturated rings. The standard InChI is InChI=1S/C20H25NO2/c1-2-21(15-8-11-17-9-4-3-5-10-17)16-14-20(23)18-12-6-7-13-19(18)22/h3-7,9-10,12-13,22H,2,8,11,14-16H2,1H3. The summed E-state index contributed by atoms with van der Waals surface area (Å²) < 4.78 is 0. The molecule has 0 aliphatic rings. The Morgan fingerprint density at radius 3 is 2.39 bits per heavy atom. The number of hydrogen-bond acceptors (Lipinski definition) is 3. The van der Waals surface area contributed by atoms with Gasteiger partial charge in [0.1, 0.15) is 5.75 Å². The summed E-state index contributed by atoms with van der Waals surface area (Å²) in [6.07, 6.45) is 2.59. The van der Waals surface area contributed by atoms with Crippen LogP contribution in [0.1, 0.15) is 35.7 Å². The second kappa shape index (κ2) is 9.11. The van der Waals surface area contributed by atoms with Gasteiger partial charge in [-0.2, -0.15) is 0 Å². The summed E-state index contributed by atoms with van der Waals surface area (Å²) in [5, 5.41) is 9.74. The number of aryl methyl sites for hydroxylation is 1. The SMILES string of the molecule is CCN(CCCc1ccccc1)CCC(=O)c1ccccc1O. The molecule has 0 aliphatic heterocycles. The van der Waals surface area contributed by atoms with E-state index in [2.05, 4.69) is 36.1 Å². The van der Waals surface area contributed by atoms with Crippen molar-refractivity contribution in [2.75, 3.05) is 19.6 Å². The number of carbonyl (C=O) groups is 1. The van der Waals surface area contributed by atoms with Crippen molar-refractivity contribution in [1.82, 2.24) is 4.90 Å². The van der Waals surface area contributed by atoms with E-state index in [4.69, 9.17) is 0 Å². The maximum atomic E-state index is 12.2. The minimum atomic E-state index is 0.00427. The molecule has 0 aromatic heterocycles. The first kappa shape index (κ1) is 17.2. The molecule has 0 saturated heterocycles. The zero-order chi connectivity index (χ0) is 16.5. The van der Waals surface area contributed by atoms with Gasteiger partial charge in [-0.15, -0.1) is 0 Å². The van der Waals surface area contributed by atoms with Crippen molar-refractivity contribution >= 4 is 5.78 Å². The van der Waals surface area contributed by atoms with E-state index < -0.39 is 0 Å². The number of benzene rings is 2. The molecule has 0 heterocycles. The molecular formula is C20H25NO2. The molecule has 0 amide bonds. The molecule has 2 aromatic rings. The van der Waals surface area contributed by atoms with Gasteiger partial charge in [-0.3, -0.25) is 4.79 Å². The van der Waals surface area contributed by atoms with Gasteiger partial charge >= 0.3 is 0 Å². The van der Waals surface area contributed by atoms with Crippen LogP contribution in [0.15, 0.2) is 54.6 Å². The number of aromatic hydroxyl groups is 1. The van der Waals surface area contributed by atoms with Crippen LogP contribution >= 0.6 is 0 Å². The highest BCUT2D eigenvalue weighted by Crippen LogP contribution is 2.17. The smallest absolute Gasteiger partial charge is 0.167 e.